The van der Waals surface area contributed by atoms with Gasteiger partial charge >= 0.3 is 0 Å². The second-order valence-corrected chi connectivity index (χ2v) is 10.2. The number of aliphatic hydroxyl groups excluding tert-OH is 1. The number of aryl methyl sites for hydroxylation is 1. The average molecular weight is 477 g/mol. The van der Waals surface area contributed by atoms with E-state index in [1.165, 1.54) is 12.1 Å². The fourth-order valence-corrected chi connectivity index (χ4v) is 3.93. The van der Waals surface area contributed by atoms with Gasteiger partial charge in [-0.05, 0) is 68.7 Å². The number of ether oxygens (including phenoxy) is 1. The molecule has 178 valence electrons. The molecule has 0 saturated carbocycles. The number of halogens is 1. The van der Waals surface area contributed by atoms with Crippen LogP contribution in [0.4, 0.5) is 4.39 Å². The summed E-state index contributed by atoms with van der Waals surface area (Å²) in [6.45, 7) is 5.97. The number of primary sulfonamides is 1. The molecule has 33 heavy (non-hydrogen) atoms. The van der Waals surface area contributed by atoms with Crippen LogP contribution in [0.1, 0.15) is 25.0 Å². The van der Waals surface area contributed by atoms with Gasteiger partial charge in [0.1, 0.15) is 24.3 Å². The number of nitrogens with one attached hydrogen (secondary N) is 2. The van der Waals surface area contributed by atoms with Crippen molar-refractivity contribution in [1.82, 2.24) is 15.5 Å². The molecular formula is C23H29FN4O4S. The Morgan fingerprint density at radius 3 is 2.64 bits per heavy atom. The molecule has 8 nitrogen and oxygen atoms in total. The van der Waals surface area contributed by atoms with Crippen LogP contribution in [-0.2, 0) is 16.4 Å². The van der Waals surface area contributed by atoms with Gasteiger partial charge in [0.2, 0.25) is 10.0 Å². The van der Waals surface area contributed by atoms with Crippen LogP contribution in [-0.4, -0.2) is 48.5 Å². The van der Waals surface area contributed by atoms with Crippen LogP contribution in [0, 0.1) is 12.7 Å². The van der Waals surface area contributed by atoms with E-state index in [2.05, 4.69) is 15.5 Å². The molecule has 0 aliphatic rings. The lowest BCUT2D eigenvalue weighted by Crippen LogP contribution is -2.46. The zero-order valence-corrected chi connectivity index (χ0v) is 19.6. The molecule has 0 aliphatic heterocycles. The number of aromatic nitrogens is 2. The number of H-pyrrole nitrogens is 1. The second kappa shape index (κ2) is 10.0. The third kappa shape index (κ3) is 6.84. The van der Waals surface area contributed by atoms with Crippen molar-refractivity contribution < 1.29 is 22.7 Å². The van der Waals surface area contributed by atoms with Crippen LogP contribution in [0.2, 0.25) is 0 Å². The number of rotatable bonds is 10. The van der Waals surface area contributed by atoms with Gasteiger partial charge < -0.3 is 15.2 Å². The van der Waals surface area contributed by atoms with Crippen molar-refractivity contribution in [1.29, 1.82) is 0 Å². The largest absolute Gasteiger partial charge is 0.490 e. The highest BCUT2D eigenvalue weighted by atomic mass is 32.2. The first kappa shape index (κ1) is 24.8. The third-order valence-corrected chi connectivity index (χ3v) is 6.07. The molecular weight excluding hydrogens is 447 g/mol. The Hall–Kier alpha value is -2.79. The molecule has 5 N–H and O–H groups in total. The van der Waals surface area contributed by atoms with E-state index in [1.54, 1.807) is 6.20 Å². The Morgan fingerprint density at radius 2 is 2.00 bits per heavy atom. The predicted octanol–water partition coefficient (Wildman–Crippen LogP) is 2.52. The number of hydrogen-bond donors (Lipinski definition) is 4. The Bertz CT molecular complexity index is 1200. The van der Waals surface area contributed by atoms with Crippen molar-refractivity contribution in [3.63, 3.8) is 0 Å². The fraction of sp³-hybridized carbons (Fsp3) is 0.348. The number of β-amino-alcohol motifs (C(OH)–C–C–N with tert-alkyl or cyclic N) is 1. The van der Waals surface area contributed by atoms with E-state index in [0.29, 0.717) is 11.3 Å². The van der Waals surface area contributed by atoms with E-state index < -0.39 is 27.5 Å². The first-order valence-electron chi connectivity index (χ1n) is 10.4. The van der Waals surface area contributed by atoms with Gasteiger partial charge in [-0.25, -0.2) is 17.9 Å². The minimum atomic E-state index is -3.96. The quantitative estimate of drug-likeness (QED) is 0.356. The van der Waals surface area contributed by atoms with Gasteiger partial charge in [0.25, 0.3) is 0 Å². The van der Waals surface area contributed by atoms with Crippen molar-refractivity contribution in [2.24, 2.45) is 5.14 Å². The molecule has 0 fully saturated rings. The van der Waals surface area contributed by atoms with Crippen LogP contribution >= 0.6 is 0 Å². The fourth-order valence-electron chi connectivity index (χ4n) is 3.40. The zero-order valence-electron chi connectivity index (χ0n) is 18.8. The maximum absolute atomic E-state index is 14.4. The standard InChI is InChI=1S/C23H29FN4O4S/c1-15-4-7-19(21-8-9-27-28-21)22(10-15)32-14-17(29)13-26-23(2,3)12-16-5-6-18(11-20(16)24)33(25,30)31/h4-11,17,26,29H,12-14H2,1-3H3,(H,27,28)(H2,25,30,31)/t17-/m0/s1. The van der Waals surface area contributed by atoms with E-state index in [-0.39, 0.29) is 24.5 Å². The van der Waals surface area contributed by atoms with Crippen LogP contribution in [0.25, 0.3) is 11.3 Å². The van der Waals surface area contributed by atoms with E-state index in [1.807, 2.05) is 45.0 Å². The second-order valence-electron chi connectivity index (χ2n) is 8.67. The summed E-state index contributed by atoms with van der Waals surface area (Å²) in [5, 5.41) is 25.6. The van der Waals surface area contributed by atoms with Crippen molar-refractivity contribution in [3.8, 4) is 17.0 Å². The monoisotopic (exact) mass is 476 g/mol. The summed E-state index contributed by atoms with van der Waals surface area (Å²) in [6.07, 6.45) is 1.12. The maximum Gasteiger partial charge on any atom is 0.238 e. The molecule has 0 amide bonds. The minimum Gasteiger partial charge on any atom is -0.490 e. The summed E-state index contributed by atoms with van der Waals surface area (Å²) < 4.78 is 43.0. The summed E-state index contributed by atoms with van der Waals surface area (Å²) >= 11 is 0. The third-order valence-electron chi connectivity index (χ3n) is 5.16. The molecule has 1 atom stereocenters. The van der Waals surface area contributed by atoms with Crippen LogP contribution in [0.15, 0.2) is 53.6 Å². The smallest absolute Gasteiger partial charge is 0.238 e. The van der Waals surface area contributed by atoms with Gasteiger partial charge in [-0.2, -0.15) is 5.10 Å². The highest BCUT2D eigenvalue weighted by Crippen LogP contribution is 2.29. The van der Waals surface area contributed by atoms with Gasteiger partial charge in [-0.3, -0.25) is 5.10 Å². The lowest BCUT2D eigenvalue weighted by Gasteiger charge is -2.28. The molecule has 2 aromatic carbocycles. The van der Waals surface area contributed by atoms with E-state index in [4.69, 9.17) is 9.88 Å². The minimum absolute atomic E-state index is 0.0606. The van der Waals surface area contributed by atoms with Gasteiger partial charge in [0.15, 0.2) is 0 Å². The molecule has 0 bridgehead atoms. The number of hydrogen-bond acceptors (Lipinski definition) is 6. The highest BCUT2D eigenvalue weighted by Gasteiger charge is 2.22. The van der Waals surface area contributed by atoms with Gasteiger partial charge in [-0.1, -0.05) is 12.1 Å². The Labute approximate surface area is 193 Å². The lowest BCUT2D eigenvalue weighted by molar-refractivity contribution is 0.0990. The molecule has 1 aromatic heterocycles. The molecule has 1 heterocycles. The first-order valence-corrected chi connectivity index (χ1v) is 12.0. The van der Waals surface area contributed by atoms with Gasteiger partial charge in [0.05, 0.1) is 10.6 Å². The summed E-state index contributed by atoms with van der Waals surface area (Å²) in [6, 6.07) is 11.3. The van der Waals surface area contributed by atoms with Crippen molar-refractivity contribution >= 4 is 10.0 Å². The first-order chi connectivity index (χ1) is 15.4. The number of benzene rings is 2. The van der Waals surface area contributed by atoms with E-state index in [0.717, 1.165) is 22.9 Å². The summed E-state index contributed by atoms with van der Waals surface area (Å²) in [4.78, 5) is -0.271. The van der Waals surface area contributed by atoms with Crippen LogP contribution in [0.3, 0.4) is 0 Å². The van der Waals surface area contributed by atoms with Crippen LogP contribution < -0.4 is 15.2 Å². The summed E-state index contributed by atoms with van der Waals surface area (Å²) in [7, 11) is -3.96. The molecule has 0 radical (unpaired) electrons. The normalized spacial score (nSPS) is 13.2. The van der Waals surface area contributed by atoms with Crippen molar-refractivity contribution in [3.05, 3.63) is 65.6 Å². The van der Waals surface area contributed by atoms with E-state index in [9.17, 15) is 17.9 Å². The Morgan fingerprint density at radius 1 is 1.24 bits per heavy atom. The number of sulfonamides is 1. The molecule has 3 aromatic rings. The highest BCUT2D eigenvalue weighted by molar-refractivity contribution is 7.89. The molecule has 0 aliphatic carbocycles. The maximum atomic E-state index is 14.4. The van der Waals surface area contributed by atoms with Crippen molar-refractivity contribution in [2.75, 3.05) is 13.2 Å². The Kier molecular flexibility index (Phi) is 7.53. The van der Waals surface area contributed by atoms with Crippen molar-refractivity contribution in [2.45, 2.75) is 43.7 Å². The number of aliphatic hydroxyl groups is 1. The molecule has 0 unspecified atom stereocenters. The topological polar surface area (TPSA) is 130 Å². The average Bonchev–Trinajstić information content (AvgIpc) is 3.26. The van der Waals surface area contributed by atoms with Crippen LogP contribution in [0.5, 0.6) is 5.75 Å². The molecule has 0 spiro atoms. The SMILES string of the molecule is Cc1ccc(-c2ccn[nH]2)c(OC[C@@H](O)CNC(C)(C)Cc2ccc(S(N)(=O)=O)cc2F)c1. The molecule has 10 heteroatoms. The number of aromatic amines is 1. The zero-order chi connectivity index (χ0) is 24.2. The Balaban J connectivity index is 1.58. The molecule has 3 rings (SSSR count). The van der Waals surface area contributed by atoms with E-state index >= 15 is 0 Å². The number of nitrogens with zero attached hydrogens (tertiary/aromatic N) is 1. The lowest BCUT2D eigenvalue weighted by atomic mass is 9.94. The number of nitrogens with two attached hydrogens (primary N) is 1. The summed E-state index contributed by atoms with van der Waals surface area (Å²) in [5.74, 6) is -0.0133. The summed E-state index contributed by atoms with van der Waals surface area (Å²) in [5.41, 5.74) is 2.45. The molecule has 0 saturated heterocycles. The van der Waals surface area contributed by atoms with Gasteiger partial charge in [-0.15, -0.1) is 0 Å². The van der Waals surface area contributed by atoms with Gasteiger partial charge in [0, 0.05) is 23.8 Å². The predicted molar refractivity (Wildman–Crippen MR) is 124 cm³/mol.